The van der Waals surface area contributed by atoms with Gasteiger partial charge in [-0.15, -0.1) is 0 Å². The summed E-state index contributed by atoms with van der Waals surface area (Å²) < 4.78 is 5.79. The van der Waals surface area contributed by atoms with Crippen molar-refractivity contribution in [1.29, 1.82) is 0 Å². The van der Waals surface area contributed by atoms with Crippen LogP contribution in [0.4, 0.5) is 0 Å². The third kappa shape index (κ3) is 3.92. The molecule has 0 bridgehead atoms. The minimum atomic E-state index is -0.666. The Balaban J connectivity index is 1.72. The van der Waals surface area contributed by atoms with Crippen LogP contribution in [0.3, 0.4) is 0 Å². The Bertz CT molecular complexity index is 651. The molecule has 23 heavy (non-hydrogen) atoms. The maximum Gasteiger partial charge on any atom is 0.307 e. The summed E-state index contributed by atoms with van der Waals surface area (Å²) in [7, 11) is 0. The van der Waals surface area contributed by atoms with E-state index in [1.54, 1.807) is 0 Å². The number of para-hydroxylation sites is 1. The van der Waals surface area contributed by atoms with Crippen LogP contribution in [-0.4, -0.2) is 11.1 Å². The fraction of sp³-hybridized carbons (Fsp3) is 0.350. The highest BCUT2D eigenvalue weighted by Crippen LogP contribution is 2.38. The molecule has 3 rings (SSSR count). The Morgan fingerprint density at radius 1 is 1.04 bits per heavy atom. The normalized spacial score (nSPS) is 20.9. The maximum atomic E-state index is 11.5. The Morgan fingerprint density at radius 2 is 1.83 bits per heavy atom. The standard InChI is InChI=1S/C20H22O3/c21-20(22)19-12-5-4-11-18(19)16-8-6-7-15(13-16)14-23-17-9-2-1-3-10-17/h1-3,6-10,13,18-19H,4-5,11-12,14H2,(H,21,22). The highest BCUT2D eigenvalue weighted by atomic mass is 16.5. The topological polar surface area (TPSA) is 46.5 Å². The van der Waals surface area contributed by atoms with E-state index in [-0.39, 0.29) is 11.8 Å². The second-order valence-corrected chi connectivity index (χ2v) is 6.18. The van der Waals surface area contributed by atoms with E-state index >= 15 is 0 Å². The smallest absolute Gasteiger partial charge is 0.307 e. The van der Waals surface area contributed by atoms with Crippen molar-refractivity contribution in [2.45, 2.75) is 38.2 Å². The molecule has 2 aromatic rings. The number of ether oxygens (including phenoxy) is 1. The average molecular weight is 310 g/mol. The van der Waals surface area contributed by atoms with E-state index in [0.717, 1.165) is 42.6 Å². The Hall–Kier alpha value is -2.29. The van der Waals surface area contributed by atoms with Crippen LogP contribution >= 0.6 is 0 Å². The molecule has 3 heteroatoms. The van der Waals surface area contributed by atoms with Crippen LogP contribution in [0.25, 0.3) is 0 Å². The Kier molecular flexibility index (Phi) is 4.96. The van der Waals surface area contributed by atoms with Gasteiger partial charge in [-0.2, -0.15) is 0 Å². The van der Waals surface area contributed by atoms with Gasteiger partial charge in [0.2, 0.25) is 0 Å². The van der Waals surface area contributed by atoms with Crippen molar-refractivity contribution in [3.63, 3.8) is 0 Å². The first-order chi connectivity index (χ1) is 11.2. The van der Waals surface area contributed by atoms with Gasteiger partial charge in [0, 0.05) is 0 Å². The Labute approximate surface area is 136 Å². The van der Waals surface area contributed by atoms with Crippen LogP contribution in [0.15, 0.2) is 54.6 Å². The lowest BCUT2D eigenvalue weighted by molar-refractivity contribution is -0.143. The SMILES string of the molecule is O=C(O)C1CCCCC1c1cccc(COc2ccccc2)c1. The number of carbonyl (C=O) groups is 1. The first kappa shape index (κ1) is 15.6. The lowest BCUT2D eigenvalue weighted by Crippen LogP contribution is -2.25. The summed E-state index contributed by atoms with van der Waals surface area (Å²) in [6.07, 6.45) is 3.87. The quantitative estimate of drug-likeness (QED) is 0.876. The van der Waals surface area contributed by atoms with Crippen LogP contribution in [0.2, 0.25) is 0 Å². The molecule has 0 aliphatic heterocycles. The molecule has 0 radical (unpaired) electrons. The van der Waals surface area contributed by atoms with Crippen molar-refractivity contribution in [2.75, 3.05) is 0 Å². The molecule has 2 atom stereocenters. The fourth-order valence-electron chi connectivity index (χ4n) is 3.42. The second-order valence-electron chi connectivity index (χ2n) is 6.18. The minimum Gasteiger partial charge on any atom is -0.489 e. The van der Waals surface area contributed by atoms with Gasteiger partial charge in [-0.05, 0) is 42.0 Å². The third-order valence-corrected chi connectivity index (χ3v) is 4.61. The van der Waals surface area contributed by atoms with Crippen molar-refractivity contribution in [3.8, 4) is 5.75 Å². The number of hydrogen-bond acceptors (Lipinski definition) is 2. The molecule has 120 valence electrons. The summed E-state index contributed by atoms with van der Waals surface area (Å²) in [5.74, 6) is 0.0478. The van der Waals surface area contributed by atoms with E-state index in [0.29, 0.717) is 6.61 Å². The van der Waals surface area contributed by atoms with E-state index < -0.39 is 5.97 Å². The molecule has 1 fully saturated rings. The zero-order valence-corrected chi connectivity index (χ0v) is 13.2. The predicted octanol–water partition coefficient (Wildman–Crippen LogP) is 4.62. The van der Waals surface area contributed by atoms with Gasteiger partial charge in [0.1, 0.15) is 12.4 Å². The molecule has 1 aliphatic carbocycles. The molecule has 0 spiro atoms. The summed E-state index contributed by atoms with van der Waals surface area (Å²) in [6.45, 7) is 0.502. The molecule has 2 unspecified atom stereocenters. The van der Waals surface area contributed by atoms with Gasteiger partial charge in [-0.3, -0.25) is 4.79 Å². The van der Waals surface area contributed by atoms with Crippen molar-refractivity contribution >= 4 is 5.97 Å². The summed E-state index contributed by atoms with van der Waals surface area (Å²) >= 11 is 0. The summed E-state index contributed by atoms with van der Waals surface area (Å²) in [5.41, 5.74) is 2.22. The van der Waals surface area contributed by atoms with Crippen LogP contribution in [-0.2, 0) is 11.4 Å². The zero-order valence-electron chi connectivity index (χ0n) is 13.2. The summed E-state index contributed by atoms with van der Waals surface area (Å²) in [4.78, 5) is 11.5. The predicted molar refractivity (Wildman–Crippen MR) is 89.6 cm³/mol. The minimum absolute atomic E-state index is 0.123. The van der Waals surface area contributed by atoms with E-state index in [9.17, 15) is 9.90 Å². The monoisotopic (exact) mass is 310 g/mol. The van der Waals surface area contributed by atoms with E-state index in [1.807, 2.05) is 42.5 Å². The van der Waals surface area contributed by atoms with Crippen LogP contribution in [0, 0.1) is 5.92 Å². The van der Waals surface area contributed by atoms with Crippen LogP contribution in [0.5, 0.6) is 5.75 Å². The van der Waals surface area contributed by atoms with E-state index in [2.05, 4.69) is 12.1 Å². The van der Waals surface area contributed by atoms with E-state index in [4.69, 9.17) is 4.74 Å². The number of carboxylic acid groups (broad SMARTS) is 1. The first-order valence-electron chi connectivity index (χ1n) is 8.23. The van der Waals surface area contributed by atoms with Crippen molar-refractivity contribution in [3.05, 3.63) is 65.7 Å². The summed E-state index contributed by atoms with van der Waals surface area (Å²) in [6, 6.07) is 17.9. The van der Waals surface area contributed by atoms with Crippen molar-refractivity contribution in [2.24, 2.45) is 5.92 Å². The lowest BCUT2D eigenvalue weighted by Gasteiger charge is -2.29. The van der Waals surface area contributed by atoms with Gasteiger partial charge in [0.25, 0.3) is 0 Å². The molecule has 0 heterocycles. The molecular formula is C20H22O3. The lowest BCUT2D eigenvalue weighted by atomic mass is 9.75. The van der Waals surface area contributed by atoms with Crippen LogP contribution < -0.4 is 4.74 Å². The molecule has 0 amide bonds. The highest BCUT2D eigenvalue weighted by molar-refractivity contribution is 5.71. The first-order valence-corrected chi connectivity index (χ1v) is 8.23. The number of carboxylic acids is 1. The van der Waals surface area contributed by atoms with Crippen LogP contribution in [0.1, 0.15) is 42.7 Å². The largest absolute Gasteiger partial charge is 0.489 e. The van der Waals surface area contributed by atoms with Crippen molar-refractivity contribution in [1.82, 2.24) is 0 Å². The molecule has 0 saturated heterocycles. The number of aliphatic carboxylic acids is 1. The molecule has 1 aliphatic rings. The molecule has 3 nitrogen and oxygen atoms in total. The van der Waals surface area contributed by atoms with Crippen molar-refractivity contribution < 1.29 is 14.6 Å². The molecular weight excluding hydrogens is 288 g/mol. The number of hydrogen-bond donors (Lipinski definition) is 1. The second kappa shape index (κ2) is 7.32. The average Bonchev–Trinajstić information content (AvgIpc) is 2.61. The molecule has 0 aromatic heterocycles. The fourth-order valence-corrected chi connectivity index (χ4v) is 3.42. The van der Waals surface area contributed by atoms with Gasteiger partial charge >= 0.3 is 5.97 Å². The van der Waals surface area contributed by atoms with Gasteiger partial charge in [-0.25, -0.2) is 0 Å². The number of rotatable bonds is 5. The van der Waals surface area contributed by atoms with Gasteiger partial charge in [0.05, 0.1) is 5.92 Å². The Morgan fingerprint density at radius 3 is 2.61 bits per heavy atom. The maximum absolute atomic E-state index is 11.5. The number of benzene rings is 2. The van der Waals surface area contributed by atoms with E-state index in [1.165, 1.54) is 0 Å². The molecule has 2 aromatic carbocycles. The van der Waals surface area contributed by atoms with Gasteiger partial charge in [-0.1, -0.05) is 55.3 Å². The molecule has 1 saturated carbocycles. The summed E-state index contributed by atoms with van der Waals surface area (Å²) in [5, 5.41) is 9.47. The van der Waals surface area contributed by atoms with Gasteiger partial charge < -0.3 is 9.84 Å². The van der Waals surface area contributed by atoms with Gasteiger partial charge in [0.15, 0.2) is 0 Å². The third-order valence-electron chi connectivity index (χ3n) is 4.61. The highest BCUT2D eigenvalue weighted by Gasteiger charge is 2.31. The zero-order chi connectivity index (χ0) is 16.1. The molecule has 1 N–H and O–H groups in total.